The van der Waals surface area contributed by atoms with Crippen molar-refractivity contribution in [3.63, 3.8) is 0 Å². The van der Waals surface area contributed by atoms with E-state index in [4.69, 9.17) is 4.98 Å². The first-order chi connectivity index (χ1) is 17.0. The van der Waals surface area contributed by atoms with Crippen LogP contribution in [0.3, 0.4) is 0 Å². The first kappa shape index (κ1) is 21.3. The second-order valence-electron chi connectivity index (χ2n) is 9.19. The van der Waals surface area contributed by atoms with Crippen molar-refractivity contribution in [3.05, 3.63) is 65.7 Å². The van der Waals surface area contributed by atoms with Crippen LogP contribution in [0, 0.1) is 0 Å². The highest BCUT2D eigenvalue weighted by Crippen LogP contribution is 2.36. The van der Waals surface area contributed by atoms with Gasteiger partial charge in [0.25, 0.3) is 5.91 Å². The first-order valence-electron chi connectivity index (χ1n) is 11.7. The number of amides is 2. The predicted molar refractivity (Wildman–Crippen MR) is 132 cm³/mol. The summed E-state index contributed by atoms with van der Waals surface area (Å²) in [5, 5.41) is 7.21. The fraction of sp³-hybridized carbons (Fsp3) is 0.269. The van der Waals surface area contributed by atoms with E-state index in [-0.39, 0.29) is 17.7 Å². The quantitative estimate of drug-likeness (QED) is 0.477. The highest BCUT2D eigenvalue weighted by Gasteiger charge is 2.28. The van der Waals surface area contributed by atoms with Gasteiger partial charge in [-0.05, 0) is 36.1 Å². The minimum Gasteiger partial charge on any atom is -0.348 e. The average molecular weight is 468 g/mol. The number of nitrogens with one attached hydrogen (secondary N) is 2. The number of piperidine rings is 1. The van der Waals surface area contributed by atoms with Crippen LogP contribution in [0.15, 0.2) is 49.1 Å². The number of aromatic nitrogens is 4. The number of anilines is 2. The van der Waals surface area contributed by atoms with E-state index in [0.717, 1.165) is 46.4 Å². The number of carbonyl (C=O) groups excluding carboxylic acids is 2. The number of hydrogen-bond donors (Lipinski definition) is 2. The normalized spacial score (nSPS) is 17.5. The van der Waals surface area contributed by atoms with E-state index in [9.17, 15) is 9.59 Å². The molecule has 1 atom stereocenters. The van der Waals surface area contributed by atoms with Gasteiger partial charge >= 0.3 is 0 Å². The highest BCUT2D eigenvalue weighted by atomic mass is 16.2. The van der Waals surface area contributed by atoms with Gasteiger partial charge in [-0.1, -0.05) is 6.07 Å². The summed E-state index contributed by atoms with van der Waals surface area (Å²) in [5.74, 6) is 0.842. The van der Waals surface area contributed by atoms with E-state index in [0.29, 0.717) is 30.0 Å². The van der Waals surface area contributed by atoms with Crippen LogP contribution in [-0.2, 0) is 18.4 Å². The molecule has 0 bridgehead atoms. The van der Waals surface area contributed by atoms with E-state index < -0.39 is 0 Å². The van der Waals surface area contributed by atoms with Crippen molar-refractivity contribution in [3.8, 4) is 11.3 Å². The summed E-state index contributed by atoms with van der Waals surface area (Å²) in [6.07, 6.45) is 8.69. The lowest BCUT2D eigenvalue weighted by Gasteiger charge is -2.28. The molecule has 4 aromatic heterocycles. The molecule has 2 N–H and O–H groups in total. The van der Waals surface area contributed by atoms with Crippen LogP contribution in [0.25, 0.3) is 22.3 Å². The monoisotopic (exact) mass is 467 g/mol. The summed E-state index contributed by atoms with van der Waals surface area (Å²) < 4.78 is 1.97. The van der Waals surface area contributed by atoms with Gasteiger partial charge in [0.15, 0.2) is 0 Å². The van der Waals surface area contributed by atoms with Gasteiger partial charge in [-0.3, -0.25) is 14.6 Å². The minimum atomic E-state index is -0.133. The lowest BCUT2D eigenvalue weighted by atomic mass is 9.90. The molecule has 0 saturated carbocycles. The van der Waals surface area contributed by atoms with Gasteiger partial charge < -0.3 is 20.1 Å². The maximum absolute atomic E-state index is 12.8. The summed E-state index contributed by atoms with van der Waals surface area (Å²) in [5.41, 5.74) is 5.71. The van der Waals surface area contributed by atoms with Crippen LogP contribution < -0.4 is 10.6 Å². The molecule has 4 aromatic rings. The molecule has 9 heteroatoms. The van der Waals surface area contributed by atoms with E-state index >= 15 is 0 Å². The Balaban J connectivity index is 1.31. The molecule has 0 aromatic carbocycles. The summed E-state index contributed by atoms with van der Waals surface area (Å²) in [4.78, 5) is 40.4. The lowest BCUT2D eigenvalue weighted by Crippen LogP contribution is -2.34. The largest absolute Gasteiger partial charge is 0.348 e. The second-order valence-corrected chi connectivity index (χ2v) is 9.19. The number of rotatable bonds is 4. The van der Waals surface area contributed by atoms with Gasteiger partial charge in [-0.2, -0.15) is 0 Å². The molecule has 6 heterocycles. The summed E-state index contributed by atoms with van der Waals surface area (Å²) in [7, 11) is 3.80. The molecular formula is C26H25N7O2. The van der Waals surface area contributed by atoms with Crippen LogP contribution in [0.5, 0.6) is 0 Å². The SMILES string of the molecule is CN1CC[C@@H](c2ccc(Nc3cnc(-c4ccnc5c4ccn5C)c4c3C(=O)NC4)nc2)CC1=O. The van der Waals surface area contributed by atoms with Gasteiger partial charge in [0, 0.05) is 68.7 Å². The van der Waals surface area contributed by atoms with Crippen LogP contribution in [0.4, 0.5) is 11.5 Å². The van der Waals surface area contributed by atoms with E-state index in [1.165, 1.54) is 0 Å². The maximum atomic E-state index is 12.8. The van der Waals surface area contributed by atoms with Gasteiger partial charge in [0.05, 0.1) is 23.1 Å². The zero-order valence-corrected chi connectivity index (χ0v) is 19.6. The number of likely N-dealkylation sites (tertiary alicyclic amines) is 1. The minimum absolute atomic E-state index is 0.133. The molecule has 1 saturated heterocycles. The third-order valence-corrected chi connectivity index (χ3v) is 7.04. The zero-order valence-electron chi connectivity index (χ0n) is 19.6. The van der Waals surface area contributed by atoms with Gasteiger partial charge in [-0.25, -0.2) is 9.97 Å². The Morgan fingerprint density at radius 3 is 2.74 bits per heavy atom. The molecule has 176 valence electrons. The number of pyridine rings is 3. The van der Waals surface area contributed by atoms with Crippen molar-refractivity contribution in [1.82, 2.24) is 29.7 Å². The number of aryl methyl sites for hydroxylation is 1. The van der Waals surface area contributed by atoms with Crippen molar-refractivity contribution in [2.75, 3.05) is 18.9 Å². The smallest absolute Gasteiger partial charge is 0.254 e. The zero-order chi connectivity index (χ0) is 24.1. The Bertz CT molecular complexity index is 1480. The standard InChI is InChI=1S/C26H25N7O2/c1-32-9-6-15(11-22(32)34)16-3-4-21(28-12-16)31-20-14-29-24(19-13-30-26(35)23(19)20)17-5-8-27-25-18(17)7-10-33(25)2/h3-5,7-8,10,12,14-15H,6,9,11,13H2,1-2H3,(H,28,31)(H,30,35)/t15-/m1/s1. The molecule has 1 fully saturated rings. The first-order valence-corrected chi connectivity index (χ1v) is 11.7. The average Bonchev–Trinajstić information content (AvgIpc) is 3.45. The van der Waals surface area contributed by atoms with Crippen LogP contribution in [-0.4, -0.2) is 49.8 Å². The highest BCUT2D eigenvalue weighted by molar-refractivity contribution is 6.06. The van der Waals surface area contributed by atoms with E-state index in [2.05, 4.69) is 20.6 Å². The van der Waals surface area contributed by atoms with Crippen molar-refractivity contribution in [1.29, 1.82) is 0 Å². The molecule has 0 spiro atoms. The Labute approximate surface area is 202 Å². The molecule has 35 heavy (non-hydrogen) atoms. The summed E-state index contributed by atoms with van der Waals surface area (Å²) in [6, 6.07) is 7.85. The number of fused-ring (bicyclic) bond motifs is 2. The maximum Gasteiger partial charge on any atom is 0.254 e. The Kier molecular flexibility index (Phi) is 4.98. The van der Waals surface area contributed by atoms with E-state index in [1.807, 2.05) is 55.3 Å². The van der Waals surface area contributed by atoms with Crippen LogP contribution in [0.2, 0.25) is 0 Å². The molecular weight excluding hydrogens is 442 g/mol. The molecule has 0 unspecified atom stereocenters. The lowest BCUT2D eigenvalue weighted by molar-refractivity contribution is -0.132. The Morgan fingerprint density at radius 2 is 1.94 bits per heavy atom. The molecule has 2 aliphatic rings. The van der Waals surface area contributed by atoms with Crippen molar-refractivity contribution in [2.24, 2.45) is 7.05 Å². The predicted octanol–water partition coefficient (Wildman–Crippen LogP) is 3.35. The molecule has 6 rings (SSSR count). The third-order valence-electron chi connectivity index (χ3n) is 7.04. The van der Waals surface area contributed by atoms with Crippen LogP contribution in [0.1, 0.15) is 40.2 Å². The molecule has 2 amide bonds. The van der Waals surface area contributed by atoms with Crippen molar-refractivity contribution < 1.29 is 9.59 Å². The fourth-order valence-electron chi connectivity index (χ4n) is 5.03. The molecule has 0 radical (unpaired) electrons. The van der Waals surface area contributed by atoms with Gasteiger partial charge in [-0.15, -0.1) is 0 Å². The van der Waals surface area contributed by atoms with Gasteiger partial charge in [0.1, 0.15) is 11.5 Å². The summed E-state index contributed by atoms with van der Waals surface area (Å²) >= 11 is 0. The number of nitrogens with zero attached hydrogens (tertiary/aromatic N) is 5. The molecule has 2 aliphatic heterocycles. The summed E-state index contributed by atoms with van der Waals surface area (Å²) in [6.45, 7) is 1.18. The third kappa shape index (κ3) is 3.60. The Morgan fingerprint density at radius 1 is 1.06 bits per heavy atom. The van der Waals surface area contributed by atoms with Crippen molar-refractivity contribution >= 4 is 34.4 Å². The number of carbonyl (C=O) groups is 2. The Hall–Kier alpha value is -4.27. The van der Waals surface area contributed by atoms with Gasteiger partial charge in [0.2, 0.25) is 5.91 Å². The topological polar surface area (TPSA) is 105 Å². The molecule has 9 nitrogen and oxygen atoms in total. The van der Waals surface area contributed by atoms with Crippen LogP contribution >= 0.6 is 0 Å². The van der Waals surface area contributed by atoms with Crippen molar-refractivity contribution in [2.45, 2.75) is 25.3 Å². The van der Waals surface area contributed by atoms with E-state index in [1.54, 1.807) is 17.3 Å². The second kappa shape index (κ2) is 8.19. The fourth-order valence-corrected chi connectivity index (χ4v) is 5.03. The number of hydrogen-bond acceptors (Lipinski definition) is 6. The molecule has 0 aliphatic carbocycles.